The largest absolute Gasteiger partial charge is 0.494 e. The molecule has 2 aromatic carbocycles. The van der Waals surface area contributed by atoms with Gasteiger partial charge in [0, 0.05) is 11.4 Å². The zero-order valence-corrected chi connectivity index (χ0v) is 12.8. The Morgan fingerprint density at radius 2 is 1.95 bits per heavy atom. The summed E-state index contributed by atoms with van der Waals surface area (Å²) in [5.74, 6) is 0.889. The van der Waals surface area contributed by atoms with Crippen LogP contribution in [-0.4, -0.2) is 19.4 Å². The van der Waals surface area contributed by atoms with E-state index in [9.17, 15) is 5.26 Å². The molecule has 2 aromatic rings. The maximum Gasteiger partial charge on any atom is 0.119 e. The molecule has 0 fully saturated rings. The molecule has 0 radical (unpaired) electrons. The molecule has 0 aromatic heterocycles. The molecular formula is C17H18N2OS. The summed E-state index contributed by atoms with van der Waals surface area (Å²) < 4.78 is 5.64. The van der Waals surface area contributed by atoms with Gasteiger partial charge in [-0.2, -0.15) is 5.26 Å². The molecule has 0 atom stereocenters. The maximum atomic E-state index is 9.25. The minimum Gasteiger partial charge on any atom is -0.494 e. The molecular weight excluding hydrogens is 280 g/mol. The van der Waals surface area contributed by atoms with Crippen LogP contribution in [0.1, 0.15) is 12.0 Å². The highest BCUT2D eigenvalue weighted by atomic mass is 32.2. The number of nitriles is 1. The summed E-state index contributed by atoms with van der Waals surface area (Å²) >= 11 is 1.59. The number of rotatable bonds is 7. The lowest BCUT2D eigenvalue weighted by molar-refractivity contribution is 0.315. The highest BCUT2D eigenvalue weighted by Gasteiger charge is 2.06. The third-order valence-corrected chi connectivity index (χ3v) is 3.79. The normalized spacial score (nSPS) is 9.90. The van der Waals surface area contributed by atoms with Crippen molar-refractivity contribution in [1.82, 2.24) is 0 Å². The molecule has 1 N–H and O–H groups in total. The number of ether oxygens (including phenoxy) is 1. The zero-order valence-electron chi connectivity index (χ0n) is 12.0. The summed E-state index contributed by atoms with van der Waals surface area (Å²) in [5, 5.41) is 12.6. The van der Waals surface area contributed by atoms with Gasteiger partial charge in [-0.25, -0.2) is 0 Å². The molecule has 0 bridgehead atoms. The van der Waals surface area contributed by atoms with Gasteiger partial charge in [-0.05, 0) is 36.9 Å². The Hall–Kier alpha value is -2.12. The first-order valence-electron chi connectivity index (χ1n) is 6.84. The second-order valence-electron chi connectivity index (χ2n) is 4.44. The lowest BCUT2D eigenvalue weighted by Gasteiger charge is -2.11. The van der Waals surface area contributed by atoms with Crippen molar-refractivity contribution in [2.24, 2.45) is 0 Å². The quantitative estimate of drug-likeness (QED) is 0.616. The molecule has 21 heavy (non-hydrogen) atoms. The summed E-state index contributed by atoms with van der Waals surface area (Å²) in [4.78, 5) is 1.00. The van der Waals surface area contributed by atoms with Gasteiger partial charge < -0.3 is 10.1 Å². The Bertz CT molecular complexity index is 608. The van der Waals surface area contributed by atoms with Crippen LogP contribution in [0.2, 0.25) is 0 Å². The van der Waals surface area contributed by atoms with Crippen molar-refractivity contribution >= 4 is 17.4 Å². The van der Waals surface area contributed by atoms with E-state index in [2.05, 4.69) is 11.4 Å². The molecule has 0 aliphatic rings. The van der Waals surface area contributed by atoms with Crippen molar-refractivity contribution in [2.45, 2.75) is 11.3 Å². The number of hydrogen-bond donors (Lipinski definition) is 1. The standard InChI is InChI=1S/C17H18N2OS/c1-21-17-10-5-9-16(15(17)13-18)19-11-6-12-20-14-7-3-2-4-8-14/h2-5,7-10,19H,6,11-12H2,1H3. The molecule has 0 aliphatic carbocycles. The number of anilines is 1. The van der Waals surface area contributed by atoms with Gasteiger partial charge in [0.1, 0.15) is 11.8 Å². The Kier molecular flexibility index (Phi) is 5.99. The second kappa shape index (κ2) is 8.23. The van der Waals surface area contributed by atoms with E-state index in [-0.39, 0.29) is 0 Å². The van der Waals surface area contributed by atoms with E-state index < -0.39 is 0 Å². The predicted octanol–water partition coefficient (Wildman–Crippen LogP) is 4.16. The van der Waals surface area contributed by atoms with Crippen molar-refractivity contribution in [2.75, 3.05) is 24.7 Å². The van der Waals surface area contributed by atoms with Gasteiger partial charge in [-0.15, -0.1) is 11.8 Å². The average Bonchev–Trinajstić information content (AvgIpc) is 2.55. The third kappa shape index (κ3) is 4.44. The molecule has 0 saturated carbocycles. The fourth-order valence-corrected chi connectivity index (χ4v) is 2.54. The van der Waals surface area contributed by atoms with Crippen LogP contribution in [0.25, 0.3) is 0 Å². The Balaban J connectivity index is 1.80. The highest BCUT2D eigenvalue weighted by Crippen LogP contribution is 2.26. The van der Waals surface area contributed by atoms with E-state index in [1.54, 1.807) is 11.8 Å². The Labute approximate surface area is 129 Å². The van der Waals surface area contributed by atoms with Crippen LogP contribution in [0.15, 0.2) is 53.4 Å². The lowest BCUT2D eigenvalue weighted by Crippen LogP contribution is -2.08. The first-order valence-corrected chi connectivity index (χ1v) is 8.06. The Morgan fingerprint density at radius 1 is 1.14 bits per heavy atom. The lowest BCUT2D eigenvalue weighted by atomic mass is 10.2. The van der Waals surface area contributed by atoms with Gasteiger partial charge in [0.15, 0.2) is 0 Å². The number of nitrogens with one attached hydrogen (secondary N) is 1. The van der Waals surface area contributed by atoms with Crippen LogP contribution in [0.4, 0.5) is 5.69 Å². The maximum absolute atomic E-state index is 9.25. The minimum atomic E-state index is 0.654. The zero-order chi connectivity index (χ0) is 14.9. The summed E-state index contributed by atoms with van der Waals surface area (Å²) in [5.41, 5.74) is 1.61. The smallest absolute Gasteiger partial charge is 0.119 e. The second-order valence-corrected chi connectivity index (χ2v) is 5.28. The number of nitrogens with zero attached hydrogens (tertiary/aromatic N) is 1. The first kappa shape index (κ1) is 15.3. The molecule has 0 amide bonds. The Morgan fingerprint density at radius 3 is 2.67 bits per heavy atom. The van der Waals surface area contributed by atoms with Crippen molar-refractivity contribution in [3.63, 3.8) is 0 Å². The van der Waals surface area contributed by atoms with Crippen molar-refractivity contribution in [3.8, 4) is 11.8 Å². The predicted molar refractivity (Wildman–Crippen MR) is 88.0 cm³/mol. The fraction of sp³-hybridized carbons (Fsp3) is 0.235. The molecule has 3 nitrogen and oxygen atoms in total. The van der Waals surface area contributed by atoms with Crippen LogP contribution in [-0.2, 0) is 0 Å². The summed E-state index contributed by atoms with van der Waals surface area (Å²) in [7, 11) is 0. The minimum absolute atomic E-state index is 0.654. The molecule has 2 rings (SSSR count). The molecule has 0 aliphatic heterocycles. The molecule has 0 unspecified atom stereocenters. The monoisotopic (exact) mass is 298 g/mol. The summed E-state index contributed by atoms with van der Waals surface area (Å²) in [6, 6.07) is 17.9. The van der Waals surface area contributed by atoms with E-state index in [4.69, 9.17) is 4.74 Å². The van der Waals surface area contributed by atoms with Crippen molar-refractivity contribution in [1.29, 1.82) is 5.26 Å². The van der Waals surface area contributed by atoms with Gasteiger partial charge >= 0.3 is 0 Å². The van der Waals surface area contributed by atoms with Crippen molar-refractivity contribution < 1.29 is 4.74 Å². The molecule has 108 valence electrons. The topological polar surface area (TPSA) is 45.0 Å². The number of para-hydroxylation sites is 1. The van der Waals surface area contributed by atoms with Gasteiger partial charge in [-0.1, -0.05) is 24.3 Å². The number of benzene rings is 2. The first-order chi connectivity index (χ1) is 10.3. The van der Waals surface area contributed by atoms with Crippen LogP contribution in [0.5, 0.6) is 5.75 Å². The average molecular weight is 298 g/mol. The summed E-state index contributed by atoms with van der Waals surface area (Å²) in [6.07, 6.45) is 2.86. The molecule has 0 heterocycles. The van der Waals surface area contributed by atoms with Crippen LogP contribution in [0.3, 0.4) is 0 Å². The van der Waals surface area contributed by atoms with Gasteiger partial charge in [-0.3, -0.25) is 0 Å². The SMILES string of the molecule is CSc1cccc(NCCCOc2ccccc2)c1C#N. The van der Waals surface area contributed by atoms with E-state index in [0.717, 1.165) is 29.3 Å². The molecule has 0 spiro atoms. The van der Waals surface area contributed by atoms with E-state index in [1.807, 2.05) is 54.8 Å². The number of thioether (sulfide) groups is 1. The third-order valence-electron chi connectivity index (χ3n) is 3.01. The molecule has 4 heteroatoms. The van der Waals surface area contributed by atoms with E-state index in [0.29, 0.717) is 12.2 Å². The van der Waals surface area contributed by atoms with E-state index in [1.165, 1.54) is 0 Å². The van der Waals surface area contributed by atoms with Crippen LogP contribution in [0, 0.1) is 11.3 Å². The van der Waals surface area contributed by atoms with Crippen LogP contribution >= 0.6 is 11.8 Å². The number of hydrogen-bond acceptors (Lipinski definition) is 4. The van der Waals surface area contributed by atoms with Gasteiger partial charge in [0.05, 0.1) is 17.9 Å². The van der Waals surface area contributed by atoms with Crippen LogP contribution < -0.4 is 10.1 Å². The highest BCUT2D eigenvalue weighted by molar-refractivity contribution is 7.98. The van der Waals surface area contributed by atoms with E-state index >= 15 is 0 Å². The fourth-order valence-electron chi connectivity index (χ4n) is 1.97. The summed E-state index contributed by atoms with van der Waals surface area (Å²) in [6.45, 7) is 1.43. The van der Waals surface area contributed by atoms with Crippen molar-refractivity contribution in [3.05, 3.63) is 54.1 Å². The van der Waals surface area contributed by atoms with Gasteiger partial charge in [0.2, 0.25) is 0 Å². The van der Waals surface area contributed by atoms with Gasteiger partial charge in [0.25, 0.3) is 0 Å². The molecule has 0 saturated heterocycles.